The van der Waals surface area contributed by atoms with E-state index in [1.165, 1.54) is 17.4 Å². The van der Waals surface area contributed by atoms with Gasteiger partial charge in [-0.05, 0) is 24.1 Å². The van der Waals surface area contributed by atoms with Gasteiger partial charge in [0.1, 0.15) is 4.90 Å². The summed E-state index contributed by atoms with van der Waals surface area (Å²) in [4.78, 5) is 4.28. The lowest BCUT2D eigenvalue weighted by atomic mass is 10.2. The van der Waals surface area contributed by atoms with Crippen molar-refractivity contribution in [3.8, 4) is 0 Å². The maximum absolute atomic E-state index is 12.3. The Morgan fingerprint density at radius 3 is 2.70 bits per heavy atom. The van der Waals surface area contributed by atoms with Gasteiger partial charge >= 0.3 is 0 Å². The highest BCUT2D eigenvalue weighted by Crippen LogP contribution is 2.27. The molecule has 0 saturated heterocycles. The van der Waals surface area contributed by atoms with Gasteiger partial charge < -0.3 is 5.73 Å². The quantitative estimate of drug-likeness (QED) is 0.801. The van der Waals surface area contributed by atoms with Gasteiger partial charge in [0.25, 0.3) is 10.0 Å². The molecule has 1 aromatic heterocycles. The van der Waals surface area contributed by atoms with Gasteiger partial charge in [-0.15, -0.1) is 11.3 Å². The van der Waals surface area contributed by atoms with Gasteiger partial charge in [-0.3, -0.25) is 4.72 Å². The molecular formula is C12H14BrN3O2S2. The molecule has 0 spiro atoms. The predicted octanol–water partition coefficient (Wildman–Crippen LogP) is 3.41. The molecule has 0 saturated carbocycles. The molecule has 0 atom stereocenters. The molecule has 0 aliphatic heterocycles. The zero-order valence-corrected chi connectivity index (χ0v) is 14.1. The number of anilines is 2. The number of hydrogen-bond donors (Lipinski definition) is 2. The number of halogens is 1. The molecule has 3 N–H and O–H groups in total. The SMILES string of the molecule is CC(C)c1csc(NS(=O)(=O)c2cc(Br)ccc2N)n1. The number of thiazole rings is 1. The maximum Gasteiger partial charge on any atom is 0.265 e. The van der Waals surface area contributed by atoms with E-state index in [0.717, 1.165) is 5.69 Å². The number of sulfonamides is 1. The van der Waals surface area contributed by atoms with E-state index in [1.54, 1.807) is 12.1 Å². The van der Waals surface area contributed by atoms with Crippen LogP contribution < -0.4 is 10.5 Å². The van der Waals surface area contributed by atoms with Gasteiger partial charge in [-0.2, -0.15) is 0 Å². The van der Waals surface area contributed by atoms with Gasteiger partial charge in [0.05, 0.1) is 11.4 Å². The monoisotopic (exact) mass is 375 g/mol. The second-order valence-corrected chi connectivity index (χ2v) is 7.94. The van der Waals surface area contributed by atoms with Crippen molar-refractivity contribution < 1.29 is 8.42 Å². The summed E-state index contributed by atoms with van der Waals surface area (Å²) in [6.07, 6.45) is 0. The third-order valence-electron chi connectivity index (χ3n) is 2.60. The van der Waals surface area contributed by atoms with Crippen molar-refractivity contribution in [1.29, 1.82) is 0 Å². The van der Waals surface area contributed by atoms with Crippen molar-refractivity contribution in [1.82, 2.24) is 4.98 Å². The summed E-state index contributed by atoms with van der Waals surface area (Å²) in [6, 6.07) is 4.70. The largest absolute Gasteiger partial charge is 0.398 e. The lowest BCUT2D eigenvalue weighted by molar-refractivity contribution is 0.601. The minimum absolute atomic E-state index is 0.0353. The van der Waals surface area contributed by atoms with Crippen LogP contribution in [0.3, 0.4) is 0 Å². The highest BCUT2D eigenvalue weighted by molar-refractivity contribution is 9.10. The van der Waals surface area contributed by atoms with E-state index in [1.807, 2.05) is 19.2 Å². The molecular weight excluding hydrogens is 362 g/mol. The normalized spacial score (nSPS) is 11.8. The van der Waals surface area contributed by atoms with E-state index in [-0.39, 0.29) is 16.5 Å². The maximum atomic E-state index is 12.3. The molecule has 0 bridgehead atoms. The summed E-state index contributed by atoms with van der Waals surface area (Å²) in [5.41, 5.74) is 6.78. The molecule has 8 heteroatoms. The Morgan fingerprint density at radius 2 is 2.10 bits per heavy atom. The zero-order valence-electron chi connectivity index (χ0n) is 10.9. The fraction of sp³-hybridized carbons (Fsp3) is 0.250. The van der Waals surface area contributed by atoms with Crippen molar-refractivity contribution in [2.45, 2.75) is 24.7 Å². The Balaban J connectivity index is 2.33. The van der Waals surface area contributed by atoms with Gasteiger partial charge in [0.2, 0.25) is 0 Å². The third-order valence-corrected chi connectivity index (χ3v) is 5.39. The van der Waals surface area contributed by atoms with Crippen LogP contribution in [0.2, 0.25) is 0 Å². The first-order valence-corrected chi connectivity index (χ1v) is 8.98. The molecule has 20 heavy (non-hydrogen) atoms. The molecule has 2 rings (SSSR count). The van der Waals surface area contributed by atoms with E-state index < -0.39 is 10.0 Å². The predicted molar refractivity (Wildman–Crippen MR) is 85.6 cm³/mol. The number of nitrogens with two attached hydrogens (primary N) is 1. The molecule has 1 aromatic carbocycles. The number of nitrogen functional groups attached to an aromatic ring is 1. The topological polar surface area (TPSA) is 85.1 Å². The number of nitrogens with zero attached hydrogens (tertiary/aromatic N) is 1. The van der Waals surface area contributed by atoms with E-state index in [0.29, 0.717) is 9.60 Å². The minimum Gasteiger partial charge on any atom is -0.398 e. The smallest absolute Gasteiger partial charge is 0.265 e. The summed E-state index contributed by atoms with van der Waals surface area (Å²) < 4.78 is 27.7. The van der Waals surface area contributed by atoms with E-state index in [2.05, 4.69) is 25.6 Å². The van der Waals surface area contributed by atoms with Crippen LogP contribution in [0.1, 0.15) is 25.5 Å². The minimum atomic E-state index is -3.74. The Morgan fingerprint density at radius 1 is 1.40 bits per heavy atom. The Bertz CT molecular complexity index is 726. The van der Waals surface area contributed by atoms with Crippen LogP contribution in [0, 0.1) is 0 Å². The first kappa shape index (κ1) is 15.3. The standard InChI is InChI=1S/C12H14BrN3O2S2/c1-7(2)10-6-19-12(15-10)16-20(17,18)11-5-8(13)3-4-9(11)14/h3-7H,14H2,1-2H3,(H,15,16). The molecule has 0 unspecified atom stereocenters. The zero-order chi connectivity index (χ0) is 14.9. The van der Waals surface area contributed by atoms with E-state index in [9.17, 15) is 8.42 Å². The summed E-state index contributed by atoms with van der Waals surface area (Å²) in [7, 11) is -3.74. The summed E-state index contributed by atoms with van der Waals surface area (Å²) in [5.74, 6) is 0.250. The molecule has 0 radical (unpaired) electrons. The van der Waals surface area contributed by atoms with Crippen molar-refractivity contribution in [2.24, 2.45) is 0 Å². The second kappa shape index (κ2) is 5.71. The summed E-state index contributed by atoms with van der Waals surface area (Å²) in [6.45, 7) is 4.00. The third kappa shape index (κ3) is 3.31. The number of rotatable bonds is 4. The average molecular weight is 376 g/mol. The Labute approximate surface area is 130 Å². The van der Waals surface area contributed by atoms with Crippen molar-refractivity contribution in [3.05, 3.63) is 33.7 Å². The van der Waals surface area contributed by atoms with Crippen LogP contribution >= 0.6 is 27.3 Å². The summed E-state index contributed by atoms with van der Waals surface area (Å²) in [5, 5.41) is 2.18. The Hall–Kier alpha value is -1.12. The van der Waals surface area contributed by atoms with E-state index >= 15 is 0 Å². The first-order chi connectivity index (χ1) is 9.29. The molecule has 1 heterocycles. The molecule has 0 aliphatic rings. The van der Waals surface area contributed by atoms with Crippen LogP contribution in [0.4, 0.5) is 10.8 Å². The number of benzene rings is 1. The van der Waals surface area contributed by atoms with Crippen LogP contribution in [-0.2, 0) is 10.0 Å². The number of nitrogens with one attached hydrogen (secondary N) is 1. The van der Waals surface area contributed by atoms with Crippen molar-refractivity contribution in [3.63, 3.8) is 0 Å². The molecule has 5 nitrogen and oxygen atoms in total. The van der Waals surface area contributed by atoms with Gasteiger partial charge in [0.15, 0.2) is 5.13 Å². The average Bonchev–Trinajstić information content (AvgIpc) is 2.80. The van der Waals surface area contributed by atoms with Gasteiger partial charge in [-0.1, -0.05) is 29.8 Å². The Kier molecular flexibility index (Phi) is 4.36. The lowest BCUT2D eigenvalue weighted by Crippen LogP contribution is -2.14. The van der Waals surface area contributed by atoms with Gasteiger partial charge in [0, 0.05) is 9.85 Å². The fourth-order valence-electron chi connectivity index (χ4n) is 1.51. The molecule has 0 amide bonds. The molecule has 2 aromatic rings. The highest BCUT2D eigenvalue weighted by Gasteiger charge is 2.19. The van der Waals surface area contributed by atoms with Crippen LogP contribution in [0.15, 0.2) is 32.9 Å². The van der Waals surface area contributed by atoms with Gasteiger partial charge in [-0.25, -0.2) is 13.4 Å². The van der Waals surface area contributed by atoms with Crippen LogP contribution in [0.5, 0.6) is 0 Å². The lowest BCUT2D eigenvalue weighted by Gasteiger charge is -2.08. The summed E-state index contributed by atoms with van der Waals surface area (Å²) >= 11 is 4.49. The van der Waals surface area contributed by atoms with Crippen molar-refractivity contribution in [2.75, 3.05) is 10.5 Å². The molecule has 108 valence electrons. The van der Waals surface area contributed by atoms with Crippen LogP contribution in [-0.4, -0.2) is 13.4 Å². The van der Waals surface area contributed by atoms with E-state index in [4.69, 9.17) is 5.73 Å². The number of aromatic nitrogens is 1. The first-order valence-electron chi connectivity index (χ1n) is 5.83. The molecule has 0 fully saturated rings. The fourth-order valence-corrected chi connectivity index (χ4v) is 4.30. The number of hydrogen-bond acceptors (Lipinski definition) is 5. The van der Waals surface area contributed by atoms with Crippen molar-refractivity contribution >= 4 is 48.1 Å². The van der Waals surface area contributed by atoms with Crippen LogP contribution in [0.25, 0.3) is 0 Å². The highest BCUT2D eigenvalue weighted by atomic mass is 79.9. The molecule has 0 aliphatic carbocycles. The second-order valence-electron chi connectivity index (χ2n) is 4.52.